The van der Waals surface area contributed by atoms with Gasteiger partial charge in [0.15, 0.2) is 5.82 Å². The molecule has 0 saturated heterocycles. The molecule has 0 aliphatic rings. The first-order chi connectivity index (χ1) is 12.7. The molecule has 1 aromatic heterocycles. The smallest absolute Gasteiger partial charge is 0.297 e. The van der Waals surface area contributed by atoms with Crippen molar-refractivity contribution in [3.63, 3.8) is 0 Å². The van der Waals surface area contributed by atoms with Crippen LogP contribution in [-0.4, -0.2) is 23.3 Å². The average Bonchev–Trinajstić information content (AvgIpc) is 2.69. The maximum absolute atomic E-state index is 12.7. The Labute approximate surface area is 152 Å². The maximum atomic E-state index is 12.7. The summed E-state index contributed by atoms with van der Waals surface area (Å²) in [7, 11) is 1.63. The minimum atomic E-state index is -0.204. The van der Waals surface area contributed by atoms with E-state index in [1.165, 1.54) is 0 Å². The van der Waals surface area contributed by atoms with Gasteiger partial charge in [-0.3, -0.25) is 9.36 Å². The van der Waals surface area contributed by atoms with Crippen LogP contribution in [0.15, 0.2) is 65.7 Å². The number of hydrogen-bond donors (Lipinski definition) is 1. The van der Waals surface area contributed by atoms with Gasteiger partial charge in [0.25, 0.3) is 5.56 Å². The molecule has 0 fully saturated rings. The van der Waals surface area contributed by atoms with E-state index < -0.39 is 0 Å². The van der Waals surface area contributed by atoms with Gasteiger partial charge in [-0.1, -0.05) is 12.1 Å². The Bertz CT molecular complexity index is 903. The van der Waals surface area contributed by atoms with Crippen molar-refractivity contribution in [2.75, 3.05) is 19.0 Å². The highest BCUT2D eigenvalue weighted by molar-refractivity contribution is 5.41. The molecule has 0 unspecified atom stereocenters. The van der Waals surface area contributed by atoms with Crippen LogP contribution in [0.1, 0.15) is 12.5 Å². The highest BCUT2D eigenvalue weighted by Gasteiger charge is 2.07. The zero-order valence-electron chi connectivity index (χ0n) is 14.8. The number of hydrogen-bond acceptors (Lipinski definition) is 5. The Morgan fingerprint density at radius 2 is 1.73 bits per heavy atom. The first-order valence-electron chi connectivity index (χ1n) is 8.39. The predicted octanol–water partition coefficient (Wildman–Crippen LogP) is 3.25. The lowest BCUT2D eigenvalue weighted by molar-refractivity contribution is 0.340. The predicted molar refractivity (Wildman–Crippen MR) is 101 cm³/mol. The first kappa shape index (κ1) is 17.5. The fourth-order valence-corrected chi connectivity index (χ4v) is 2.53. The van der Waals surface area contributed by atoms with Crippen LogP contribution < -0.4 is 20.3 Å². The van der Waals surface area contributed by atoms with Crippen molar-refractivity contribution in [3.05, 3.63) is 76.8 Å². The first-order valence-corrected chi connectivity index (χ1v) is 8.39. The van der Waals surface area contributed by atoms with E-state index in [1.54, 1.807) is 24.1 Å². The van der Waals surface area contributed by atoms with E-state index >= 15 is 0 Å². The van der Waals surface area contributed by atoms with Crippen molar-refractivity contribution in [3.8, 4) is 17.2 Å². The molecule has 0 aliphatic carbocycles. The number of methoxy groups -OCH3 is 1. The monoisotopic (exact) mass is 351 g/mol. The summed E-state index contributed by atoms with van der Waals surface area (Å²) in [5.41, 5.74) is 1.59. The summed E-state index contributed by atoms with van der Waals surface area (Å²) in [6, 6.07) is 15.0. The maximum Gasteiger partial charge on any atom is 0.297 e. The fraction of sp³-hybridized carbons (Fsp3) is 0.200. The summed E-state index contributed by atoms with van der Waals surface area (Å²) in [6.07, 6.45) is 3.25. The van der Waals surface area contributed by atoms with Crippen LogP contribution in [0.5, 0.6) is 11.5 Å². The lowest BCUT2D eigenvalue weighted by atomic mass is 10.2. The molecule has 0 bridgehead atoms. The van der Waals surface area contributed by atoms with Crippen molar-refractivity contribution in [1.82, 2.24) is 9.55 Å². The SMILES string of the molecule is CCOc1ccc(-n2ccnc(NCc3ccc(OC)cc3)c2=O)cc1. The minimum absolute atomic E-state index is 0.204. The van der Waals surface area contributed by atoms with Crippen LogP contribution in [-0.2, 0) is 6.54 Å². The summed E-state index contributed by atoms with van der Waals surface area (Å²) < 4.78 is 12.1. The lowest BCUT2D eigenvalue weighted by Crippen LogP contribution is -2.23. The van der Waals surface area contributed by atoms with Crippen LogP contribution in [0.25, 0.3) is 5.69 Å². The highest BCUT2D eigenvalue weighted by atomic mass is 16.5. The number of nitrogens with zero attached hydrogens (tertiary/aromatic N) is 2. The van der Waals surface area contributed by atoms with Gasteiger partial charge in [-0.2, -0.15) is 0 Å². The Morgan fingerprint density at radius 1 is 1.04 bits per heavy atom. The Morgan fingerprint density at radius 3 is 2.38 bits per heavy atom. The molecule has 134 valence electrons. The molecule has 1 heterocycles. The second-order valence-electron chi connectivity index (χ2n) is 5.58. The molecule has 3 rings (SSSR count). The second-order valence-corrected chi connectivity index (χ2v) is 5.58. The van der Waals surface area contributed by atoms with E-state index in [2.05, 4.69) is 10.3 Å². The molecular weight excluding hydrogens is 330 g/mol. The highest BCUT2D eigenvalue weighted by Crippen LogP contribution is 2.15. The molecule has 2 aromatic carbocycles. The largest absolute Gasteiger partial charge is 0.497 e. The molecule has 6 nitrogen and oxygen atoms in total. The van der Waals surface area contributed by atoms with Crippen LogP contribution in [0.4, 0.5) is 5.82 Å². The summed E-state index contributed by atoms with van der Waals surface area (Å²) in [4.78, 5) is 16.9. The van der Waals surface area contributed by atoms with Crippen molar-refractivity contribution in [1.29, 1.82) is 0 Å². The Kier molecular flexibility index (Phi) is 5.53. The summed E-state index contributed by atoms with van der Waals surface area (Å²) in [6.45, 7) is 3.04. The number of benzene rings is 2. The van der Waals surface area contributed by atoms with Gasteiger partial charge in [0, 0.05) is 24.6 Å². The van der Waals surface area contributed by atoms with Gasteiger partial charge >= 0.3 is 0 Å². The molecule has 0 radical (unpaired) electrons. The van der Waals surface area contributed by atoms with Gasteiger partial charge in [0.05, 0.1) is 13.7 Å². The topological polar surface area (TPSA) is 65.4 Å². The lowest BCUT2D eigenvalue weighted by Gasteiger charge is -2.10. The van der Waals surface area contributed by atoms with Crippen LogP contribution >= 0.6 is 0 Å². The molecule has 26 heavy (non-hydrogen) atoms. The third-order valence-corrected chi connectivity index (χ3v) is 3.89. The molecule has 0 spiro atoms. The molecule has 0 amide bonds. The van der Waals surface area contributed by atoms with Gasteiger partial charge in [-0.25, -0.2) is 4.98 Å². The van der Waals surface area contributed by atoms with Gasteiger partial charge in [0.1, 0.15) is 11.5 Å². The third-order valence-electron chi connectivity index (χ3n) is 3.89. The average molecular weight is 351 g/mol. The van der Waals surface area contributed by atoms with E-state index in [9.17, 15) is 4.79 Å². The normalized spacial score (nSPS) is 10.4. The molecule has 0 saturated carbocycles. The van der Waals surface area contributed by atoms with Crippen molar-refractivity contribution in [2.45, 2.75) is 13.5 Å². The van der Waals surface area contributed by atoms with E-state index in [0.29, 0.717) is 19.0 Å². The Hall–Kier alpha value is -3.28. The van der Waals surface area contributed by atoms with E-state index in [4.69, 9.17) is 9.47 Å². The number of aromatic nitrogens is 2. The Balaban J connectivity index is 1.77. The van der Waals surface area contributed by atoms with Gasteiger partial charge < -0.3 is 14.8 Å². The summed E-state index contributed by atoms with van der Waals surface area (Å²) >= 11 is 0. The van der Waals surface area contributed by atoms with Crippen molar-refractivity contribution in [2.24, 2.45) is 0 Å². The van der Waals surface area contributed by atoms with E-state index in [-0.39, 0.29) is 5.56 Å². The van der Waals surface area contributed by atoms with Crippen LogP contribution in [0.3, 0.4) is 0 Å². The van der Waals surface area contributed by atoms with Gasteiger partial charge in [-0.05, 0) is 48.9 Å². The molecule has 6 heteroatoms. The molecule has 0 aliphatic heterocycles. The quantitative estimate of drug-likeness (QED) is 0.708. The van der Waals surface area contributed by atoms with E-state index in [0.717, 1.165) is 22.7 Å². The molecule has 3 aromatic rings. The fourth-order valence-electron chi connectivity index (χ4n) is 2.53. The molecular formula is C20H21N3O3. The minimum Gasteiger partial charge on any atom is -0.497 e. The number of anilines is 1. The second kappa shape index (κ2) is 8.20. The van der Waals surface area contributed by atoms with Crippen LogP contribution in [0.2, 0.25) is 0 Å². The van der Waals surface area contributed by atoms with Crippen molar-refractivity contribution >= 4 is 5.82 Å². The zero-order chi connectivity index (χ0) is 18.4. The molecule has 1 N–H and O–H groups in total. The third kappa shape index (κ3) is 4.03. The summed E-state index contributed by atoms with van der Waals surface area (Å²) in [5.74, 6) is 1.87. The van der Waals surface area contributed by atoms with Gasteiger partial charge in [-0.15, -0.1) is 0 Å². The van der Waals surface area contributed by atoms with E-state index in [1.807, 2.05) is 55.5 Å². The zero-order valence-corrected chi connectivity index (χ0v) is 14.8. The molecule has 0 atom stereocenters. The number of ether oxygens (including phenoxy) is 2. The number of rotatable bonds is 7. The number of nitrogens with one attached hydrogen (secondary N) is 1. The van der Waals surface area contributed by atoms with Gasteiger partial charge in [0.2, 0.25) is 0 Å². The summed E-state index contributed by atoms with van der Waals surface area (Å²) in [5, 5.41) is 3.10. The standard InChI is InChI=1S/C20H21N3O3/c1-3-26-18-10-6-16(7-11-18)23-13-12-21-19(20(23)24)22-14-15-4-8-17(25-2)9-5-15/h4-13H,3,14H2,1-2H3,(H,21,22). The van der Waals surface area contributed by atoms with Crippen LogP contribution in [0, 0.1) is 0 Å². The van der Waals surface area contributed by atoms with Crippen molar-refractivity contribution < 1.29 is 9.47 Å².